The van der Waals surface area contributed by atoms with Crippen LogP contribution >= 0.6 is 0 Å². The van der Waals surface area contributed by atoms with Crippen LogP contribution in [0.5, 0.6) is 0 Å². The Labute approximate surface area is 135 Å². The van der Waals surface area contributed by atoms with Crippen LogP contribution in [-0.2, 0) is 0 Å². The standard InChI is InChI=1S/C19H36B2/c1-15(2)18-11-8-9-13-19(21-18,14-10-12-18)17(6,7)20-16(3,4)5/h15H,8-14H2,1-7H3. The van der Waals surface area contributed by atoms with E-state index in [2.05, 4.69) is 63.0 Å². The molecule has 2 aliphatic rings. The number of hydrogen-bond acceptors (Lipinski definition) is 0. The molecular formula is C19H36B2. The Morgan fingerprint density at radius 3 is 1.95 bits per heavy atom. The smallest absolute Gasteiger partial charge is 0.0674 e. The molecule has 2 unspecified atom stereocenters. The van der Waals surface area contributed by atoms with Gasteiger partial charge in [-0.3, -0.25) is 0 Å². The topological polar surface area (TPSA) is 0 Å². The lowest BCUT2D eigenvalue weighted by Gasteiger charge is -2.56. The summed E-state index contributed by atoms with van der Waals surface area (Å²) in [6, 6.07) is 0. The lowest BCUT2D eigenvalue weighted by molar-refractivity contribution is 0.276. The van der Waals surface area contributed by atoms with Gasteiger partial charge in [0.25, 0.3) is 0 Å². The summed E-state index contributed by atoms with van der Waals surface area (Å²) in [6.45, 7) is 17.0. The normalized spacial score (nSPS) is 34.3. The lowest BCUT2D eigenvalue weighted by Crippen LogP contribution is -2.45. The molecule has 2 heterocycles. The second-order valence-corrected chi connectivity index (χ2v) is 9.98. The average Bonchev–Trinajstić information content (AvgIpc) is 2.45. The highest BCUT2D eigenvalue weighted by molar-refractivity contribution is 6.52. The maximum Gasteiger partial charge on any atom is 0.126 e. The molecule has 0 N–H and O–H groups in total. The molecule has 2 atom stereocenters. The second kappa shape index (κ2) is 5.64. The average molecular weight is 286 g/mol. The van der Waals surface area contributed by atoms with E-state index >= 15 is 0 Å². The molecule has 2 bridgehead atoms. The zero-order chi connectivity index (χ0) is 15.9. The van der Waals surface area contributed by atoms with Crippen molar-refractivity contribution >= 4 is 14.6 Å². The van der Waals surface area contributed by atoms with Gasteiger partial charge in [0.15, 0.2) is 0 Å². The molecule has 0 aliphatic carbocycles. The van der Waals surface area contributed by atoms with Crippen LogP contribution in [0.2, 0.25) is 21.3 Å². The maximum atomic E-state index is 2.88. The van der Waals surface area contributed by atoms with E-state index in [1.54, 1.807) is 0 Å². The molecule has 0 nitrogen and oxygen atoms in total. The van der Waals surface area contributed by atoms with Gasteiger partial charge in [-0.25, -0.2) is 0 Å². The summed E-state index contributed by atoms with van der Waals surface area (Å²) in [7, 11) is 5.53. The monoisotopic (exact) mass is 286 g/mol. The van der Waals surface area contributed by atoms with E-state index in [1.807, 2.05) is 0 Å². The minimum absolute atomic E-state index is 0.302. The van der Waals surface area contributed by atoms with Crippen molar-refractivity contribution < 1.29 is 0 Å². The summed E-state index contributed by atoms with van der Waals surface area (Å²) in [5, 5.41) is 1.55. The van der Waals surface area contributed by atoms with Crippen LogP contribution in [0.1, 0.15) is 93.4 Å². The highest BCUT2D eigenvalue weighted by atomic mass is 14.5. The highest BCUT2D eigenvalue weighted by Gasteiger charge is 2.54. The van der Waals surface area contributed by atoms with Crippen LogP contribution in [0.4, 0.5) is 0 Å². The van der Waals surface area contributed by atoms with Gasteiger partial charge in [0, 0.05) is 0 Å². The molecular weight excluding hydrogens is 250 g/mol. The molecule has 2 fully saturated rings. The molecule has 21 heavy (non-hydrogen) atoms. The van der Waals surface area contributed by atoms with Gasteiger partial charge in [0.1, 0.15) is 14.6 Å². The molecule has 2 heteroatoms. The zero-order valence-corrected chi connectivity index (χ0v) is 15.7. The summed E-state index contributed by atoms with van der Waals surface area (Å²) >= 11 is 0. The van der Waals surface area contributed by atoms with Crippen molar-refractivity contribution in [2.45, 2.75) is 115 Å². The third-order valence-electron chi connectivity index (χ3n) is 6.57. The van der Waals surface area contributed by atoms with E-state index in [4.69, 9.17) is 0 Å². The molecule has 2 aliphatic heterocycles. The minimum Gasteiger partial charge on any atom is -0.0674 e. The Morgan fingerprint density at radius 2 is 1.38 bits per heavy atom. The second-order valence-electron chi connectivity index (χ2n) is 9.98. The van der Waals surface area contributed by atoms with E-state index in [1.165, 1.54) is 44.9 Å². The first-order valence-corrected chi connectivity index (χ1v) is 9.26. The van der Waals surface area contributed by atoms with Gasteiger partial charge in [0.2, 0.25) is 0 Å². The van der Waals surface area contributed by atoms with Crippen LogP contribution in [0.3, 0.4) is 0 Å². The lowest BCUT2D eigenvalue weighted by atomic mass is 9.20. The molecule has 2 radical (unpaired) electrons. The Hall–Kier alpha value is 0.130. The highest BCUT2D eigenvalue weighted by Crippen LogP contribution is 2.69. The van der Waals surface area contributed by atoms with Crippen molar-refractivity contribution in [3.05, 3.63) is 0 Å². The van der Waals surface area contributed by atoms with Crippen molar-refractivity contribution in [3.63, 3.8) is 0 Å². The van der Waals surface area contributed by atoms with E-state index < -0.39 is 0 Å². The number of hydrogen-bond donors (Lipinski definition) is 0. The Morgan fingerprint density at radius 1 is 0.857 bits per heavy atom. The molecule has 0 aromatic carbocycles. The van der Waals surface area contributed by atoms with Crippen molar-refractivity contribution in [1.29, 1.82) is 0 Å². The largest absolute Gasteiger partial charge is 0.126 e. The maximum absolute atomic E-state index is 2.88. The first-order valence-electron chi connectivity index (χ1n) is 9.26. The van der Waals surface area contributed by atoms with Gasteiger partial charge >= 0.3 is 0 Å². The van der Waals surface area contributed by atoms with Gasteiger partial charge in [0.05, 0.1) is 0 Å². The molecule has 0 spiro atoms. The van der Waals surface area contributed by atoms with Gasteiger partial charge in [-0.05, 0) is 5.92 Å². The molecule has 0 aromatic rings. The summed E-state index contributed by atoms with van der Waals surface area (Å²) in [6.07, 6.45) is 9.95. The van der Waals surface area contributed by atoms with Crippen LogP contribution < -0.4 is 0 Å². The fourth-order valence-corrected chi connectivity index (χ4v) is 5.52. The van der Waals surface area contributed by atoms with Crippen LogP contribution in [0, 0.1) is 5.92 Å². The zero-order valence-electron chi connectivity index (χ0n) is 15.7. The number of fused-ring (bicyclic) bond motifs is 2. The summed E-state index contributed by atoms with van der Waals surface area (Å²) in [5.41, 5.74) is 0. The predicted octanol–water partition coefficient (Wildman–Crippen LogP) is 6.54. The molecule has 0 saturated carbocycles. The van der Waals surface area contributed by atoms with Gasteiger partial charge in [-0.2, -0.15) is 0 Å². The third kappa shape index (κ3) is 3.40. The molecule has 0 aromatic heterocycles. The van der Waals surface area contributed by atoms with E-state index in [0.717, 1.165) is 5.92 Å². The van der Waals surface area contributed by atoms with Gasteiger partial charge in [-0.15, -0.1) is 0 Å². The molecule has 0 amide bonds. The third-order valence-corrected chi connectivity index (χ3v) is 6.57. The van der Waals surface area contributed by atoms with Gasteiger partial charge in [-0.1, -0.05) is 115 Å². The fourth-order valence-electron chi connectivity index (χ4n) is 5.52. The van der Waals surface area contributed by atoms with Gasteiger partial charge < -0.3 is 0 Å². The van der Waals surface area contributed by atoms with Crippen LogP contribution in [0.25, 0.3) is 0 Å². The molecule has 2 saturated heterocycles. The Kier molecular flexibility index (Phi) is 4.70. The van der Waals surface area contributed by atoms with E-state index in [0.29, 0.717) is 21.3 Å². The quantitative estimate of drug-likeness (QED) is 0.516. The number of rotatable bonds is 3. The molecule has 2 rings (SSSR count). The Bertz CT molecular complexity index is 366. The van der Waals surface area contributed by atoms with E-state index in [9.17, 15) is 0 Å². The summed E-state index contributed by atoms with van der Waals surface area (Å²) in [4.78, 5) is 0. The summed E-state index contributed by atoms with van der Waals surface area (Å²) in [5.74, 6) is 0.792. The first-order chi connectivity index (χ1) is 9.52. The first kappa shape index (κ1) is 17.5. The fraction of sp³-hybridized carbons (Fsp3) is 1.00. The van der Waals surface area contributed by atoms with Crippen molar-refractivity contribution in [2.24, 2.45) is 5.92 Å². The Balaban J connectivity index is 2.34. The van der Waals surface area contributed by atoms with Crippen molar-refractivity contribution in [2.75, 3.05) is 0 Å². The van der Waals surface area contributed by atoms with E-state index in [-0.39, 0.29) is 0 Å². The predicted molar refractivity (Wildman–Crippen MR) is 97.8 cm³/mol. The van der Waals surface area contributed by atoms with Crippen LogP contribution in [0.15, 0.2) is 0 Å². The SMILES string of the molecule is CC(C)C12[B]C(C(C)(C)[B]C(C)(C)C)(CCCC1)CCC2. The van der Waals surface area contributed by atoms with Crippen molar-refractivity contribution in [3.8, 4) is 0 Å². The molecule has 118 valence electrons. The minimum atomic E-state index is 0.302. The summed E-state index contributed by atoms with van der Waals surface area (Å²) < 4.78 is 0. The van der Waals surface area contributed by atoms with Crippen molar-refractivity contribution in [1.82, 2.24) is 0 Å². The van der Waals surface area contributed by atoms with Crippen LogP contribution in [-0.4, -0.2) is 14.6 Å².